The molecule has 5 heteroatoms. The van der Waals surface area contributed by atoms with E-state index in [0.29, 0.717) is 24.3 Å². The highest BCUT2D eigenvalue weighted by Gasteiger charge is 2.32. The SMILES string of the molecule is Cc1ccc(OCCn2cc(C=C3C(=O)c4ccccc4C3=O)c3cc(Br)ccc32)cc1. The number of rotatable bonds is 5. The van der Waals surface area contributed by atoms with Crippen LogP contribution in [0.1, 0.15) is 31.8 Å². The number of halogens is 1. The standard InChI is InChI=1S/C27H20BrNO3/c1-17-6-9-20(10-7-17)32-13-12-29-16-18(23-15-19(28)8-11-25(23)29)14-24-26(30)21-4-2-3-5-22(21)27(24)31/h2-11,14-16H,12-13H2,1H3. The van der Waals surface area contributed by atoms with Gasteiger partial charge in [-0.25, -0.2) is 0 Å². The fourth-order valence-electron chi connectivity index (χ4n) is 4.05. The molecule has 0 saturated heterocycles. The number of aryl methyl sites for hydroxylation is 1. The smallest absolute Gasteiger partial charge is 0.197 e. The second kappa shape index (κ2) is 8.24. The van der Waals surface area contributed by atoms with E-state index in [4.69, 9.17) is 4.74 Å². The van der Waals surface area contributed by atoms with Crippen molar-refractivity contribution >= 4 is 44.5 Å². The molecule has 1 aliphatic carbocycles. The number of benzene rings is 3. The van der Waals surface area contributed by atoms with Gasteiger partial charge in [0.15, 0.2) is 11.6 Å². The molecule has 3 aromatic carbocycles. The third-order valence-electron chi connectivity index (χ3n) is 5.70. The van der Waals surface area contributed by atoms with Crippen molar-refractivity contribution in [1.82, 2.24) is 4.57 Å². The Morgan fingerprint density at radius 1 is 0.938 bits per heavy atom. The van der Waals surface area contributed by atoms with Crippen molar-refractivity contribution in [3.63, 3.8) is 0 Å². The highest BCUT2D eigenvalue weighted by molar-refractivity contribution is 9.10. The maximum absolute atomic E-state index is 12.8. The van der Waals surface area contributed by atoms with E-state index in [1.165, 1.54) is 5.56 Å². The normalized spacial score (nSPS) is 13.0. The minimum Gasteiger partial charge on any atom is -0.492 e. The first-order valence-corrected chi connectivity index (χ1v) is 11.2. The first-order valence-electron chi connectivity index (χ1n) is 10.4. The van der Waals surface area contributed by atoms with Crippen LogP contribution >= 0.6 is 15.9 Å². The molecule has 0 saturated carbocycles. The zero-order valence-electron chi connectivity index (χ0n) is 17.5. The fraction of sp³-hybridized carbons (Fsp3) is 0.111. The number of Topliss-reactive ketones (excluding diaryl/α,β-unsaturated/α-hetero) is 2. The van der Waals surface area contributed by atoms with Crippen LogP contribution in [0.2, 0.25) is 0 Å². The van der Waals surface area contributed by atoms with Gasteiger partial charge in [0.1, 0.15) is 12.4 Å². The summed E-state index contributed by atoms with van der Waals surface area (Å²) in [7, 11) is 0. The Hall–Kier alpha value is -3.44. The first-order chi connectivity index (χ1) is 15.5. The van der Waals surface area contributed by atoms with Crippen molar-refractivity contribution in [2.75, 3.05) is 6.61 Å². The molecule has 1 aliphatic rings. The zero-order chi connectivity index (χ0) is 22.2. The predicted molar refractivity (Wildman–Crippen MR) is 129 cm³/mol. The van der Waals surface area contributed by atoms with Gasteiger partial charge in [-0.05, 0) is 43.3 Å². The highest BCUT2D eigenvalue weighted by Crippen LogP contribution is 2.31. The molecule has 4 nitrogen and oxygen atoms in total. The molecule has 5 rings (SSSR count). The van der Waals surface area contributed by atoms with Gasteiger partial charge in [0.2, 0.25) is 0 Å². The number of aromatic nitrogens is 1. The number of hydrogen-bond donors (Lipinski definition) is 0. The second-order valence-corrected chi connectivity index (χ2v) is 8.78. The van der Waals surface area contributed by atoms with Crippen LogP contribution in [0.3, 0.4) is 0 Å². The summed E-state index contributed by atoms with van der Waals surface area (Å²) >= 11 is 3.54. The Morgan fingerprint density at radius 3 is 2.31 bits per heavy atom. The van der Waals surface area contributed by atoms with Gasteiger partial charge in [-0.1, -0.05) is 57.9 Å². The third kappa shape index (κ3) is 3.69. The predicted octanol–water partition coefficient (Wildman–Crippen LogP) is 6.25. The molecular formula is C27H20BrNO3. The molecule has 0 spiro atoms. The summed E-state index contributed by atoms with van der Waals surface area (Å²) in [6.45, 7) is 3.18. The van der Waals surface area contributed by atoms with Crippen molar-refractivity contribution in [2.24, 2.45) is 0 Å². The summed E-state index contributed by atoms with van der Waals surface area (Å²) in [6, 6.07) is 21.0. The van der Waals surface area contributed by atoms with Gasteiger partial charge in [-0.15, -0.1) is 0 Å². The van der Waals surface area contributed by atoms with Crippen molar-refractivity contribution < 1.29 is 14.3 Å². The van der Waals surface area contributed by atoms with Crippen LogP contribution < -0.4 is 4.74 Å². The number of hydrogen-bond acceptors (Lipinski definition) is 3. The summed E-state index contributed by atoms with van der Waals surface area (Å²) in [5.74, 6) is 0.394. The molecule has 0 N–H and O–H groups in total. The van der Waals surface area contributed by atoms with Gasteiger partial charge in [-0.3, -0.25) is 9.59 Å². The fourth-order valence-corrected chi connectivity index (χ4v) is 4.41. The minimum absolute atomic E-state index is 0.209. The molecule has 0 fully saturated rings. The van der Waals surface area contributed by atoms with E-state index in [9.17, 15) is 9.59 Å². The van der Waals surface area contributed by atoms with Crippen LogP contribution in [0, 0.1) is 6.92 Å². The Morgan fingerprint density at radius 2 is 1.62 bits per heavy atom. The lowest BCUT2D eigenvalue weighted by Crippen LogP contribution is -2.07. The molecule has 0 radical (unpaired) electrons. The van der Waals surface area contributed by atoms with Gasteiger partial charge in [0.25, 0.3) is 0 Å². The second-order valence-electron chi connectivity index (χ2n) is 7.86. The van der Waals surface area contributed by atoms with Gasteiger partial charge < -0.3 is 9.30 Å². The Balaban J connectivity index is 1.47. The summed E-state index contributed by atoms with van der Waals surface area (Å²) in [5, 5.41) is 0.971. The van der Waals surface area contributed by atoms with E-state index >= 15 is 0 Å². The maximum Gasteiger partial charge on any atom is 0.197 e. The topological polar surface area (TPSA) is 48.3 Å². The third-order valence-corrected chi connectivity index (χ3v) is 6.19. The zero-order valence-corrected chi connectivity index (χ0v) is 19.1. The van der Waals surface area contributed by atoms with E-state index in [1.807, 2.05) is 55.6 Å². The number of carbonyl (C=O) groups excluding carboxylic acids is 2. The van der Waals surface area contributed by atoms with Crippen molar-refractivity contribution in [3.8, 4) is 5.75 Å². The van der Waals surface area contributed by atoms with Crippen LogP contribution in [0.25, 0.3) is 17.0 Å². The molecule has 0 aliphatic heterocycles. The molecular weight excluding hydrogens is 466 g/mol. The highest BCUT2D eigenvalue weighted by atomic mass is 79.9. The number of fused-ring (bicyclic) bond motifs is 2. The van der Waals surface area contributed by atoms with Gasteiger partial charge in [-0.2, -0.15) is 0 Å². The Kier molecular flexibility index (Phi) is 5.27. The van der Waals surface area contributed by atoms with E-state index in [0.717, 1.165) is 26.7 Å². The van der Waals surface area contributed by atoms with E-state index in [2.05, 4.69) is 20.5 Å². The molecule has 32 heavy (non-hydrogen) atoms. The quantitative estimate of drug-likeness (QED) is 0.247. The average Bonchev–Trinajstić information content (AvgIpc) is 3.25. The summed E-state index contributed by atoms with van der Waals surface area (Å²) in [4.78, 5) is 25.7. The van der Waals surface area contributed by atoms with E-state index in [1.54, 1.807) is 30.3 Å². The summed E-state index contributed by atoms with van der Waals surface area (Å²) in [5.41, 5.74) is 4.20. The number of nitrogens with zero attached hydrogens (tertiary/aromatic N) is 1. The van der Waals surface area contributed by atoms with Crippen molar-refractivity contribution in [3.05, 3.63) is 105 Å². The lowest BCUT2D eigenvalue weighted by molar-refractivity contribution is 0.0990. The summed E-state index contributed by atoms with van der Waals surface area (Å²) in [6.07, 6.45) is 3.70. The molecule has 0 bridgehead atoms. The van der Waals surface area contributed by atoms with Crippen molar-refractivity contribution in [2.45, 2.75) is 13.5 Å². The van der Waals surface area contributed by atoms with E-state index in [-0.39, 0.29) is 17.1 Å². The minimum atomic E-state index is -0.218. The summed E-state index contributed by atoms with van der Waals surface area (Å²) < 4.78 is 8.94. The number of carbonyl (C=O) groups is 2. The molecule has 1 aromatic heterocycles. The largest absolute Gasteiger partial charge is 0.492 e. The van der Waals surface area contributed by atoms with Crippen LogP contribution in [0.4, 0.5) is 0 Å². The molecule has 4 aromatic rings. The number of ether oxygens (including phenoxy) is 1. The monoisotopic (exact) mass is 485 g/mol. The number of ketones is 2. The average molecular weight is 486 g/mol. The molecule has 1 heterocycles. The number of allylic oxidation sites excluding steroid dienone is 1. The lowest BCUT2D eigenvalue weighted by atomic mass is 10.1. The molecule has 158 valence electrons. The Bertz CT molecular complexity index is 1360. The van der Waals surface area contributed by atoms with Crippen molar-refractivity contribution in [1.29, 1.82) is 0 Å². The molecule has 0 amide bonds. The van der Waals surface area contributed by atoms with Gasteiger partial charge >= 0.3 is 0 Å². The van der Waals surface area contributed by atoms with Crippen LogP contribution in [-0.4, -0.2) is 22.7 Å². The van der Waals surface area contributed by atoms with Crippen LogP contribution in [0.5, 0.6) is 5.75 Å². The van der Waals surface area contributed by atoms with E-state index < -0.39 is 0 Å². The Labute approximate surface area is 194 Å². The lowest BCUT2D eigenvalue weighted by Gasteiger charge is -2.08. The molecule has 0 unspecified atom stereocenters. The van der Waals surface area contributed by atoms with Gasteiger partial charge in [0, 0.05) is 38.3 Å². The maximum atomic E-state index is 12.8. The first kappa shape index (κ1) is 20.5. The van der Waals surface area contributed by atoms with Crippen LogP contribution in [-0.2, 0) is 6.54 Å². The van der Waals surface area contributed by atoms with Crippen LogP contribution in [0.15, 0.2) is 83.0 Å². The van der Waals surface area contributed by atoms with Gasteiger partial charge in [0.05, 0.1) is 12.1 Å². The molecule has 0 atom stereocenters.